The molecule has 0 aromatic carbocycles. The molecule has 0 saturated carbocycles. The van der Waals surface area contributed by atoms with Gasteiger partial charge >= 0.3 is 6.72 Å². The normalized spacial score (nSPS) is 8.90. The van der Waals surface area contributed by atoms with Crippen molar-refractivity contribution >= 4 is 18.5 Å². The van der Waals surface area contributed by atoms with Gasteiger partial charge in [0.1, 0.15) is 0 Å². The third-order valence-corrected chi connectivity index (χ3v) is 0.354. The molecule has 0 aliphatic carbocycles. The van der Waals surface area contributed by atoms with Crippen molar-refractivity contribution in [1.29, 1.82) is 0 Å². The molecule has 0 aromatic rings. The van der Waals surface area contributed by atoms with Gasteiger partial charge < -0.3 is 21.6 Å². The quantitative estimate of drug-likeness (QED) is 0.358. The molecule has 0 amide bonds. The minimum absolute atomic E-state index is 0. The van der Waals surface area contributed by atoms with Crippen LogP contribution in [0.4, 0.5) is 0 Å². The van der Waals surface area contributed by atoms with Gasteiger partial charge in [-0.15, -0.1) is 0 Å². The summed E-state index contributed by atoms with van der Waals surface area (Å²) in [5.41, 5.74) is 0. The van der Waals surface area contributed by atoms with E-state index in [1.54, 1.807) is 0 Å². The molecule has 0 saturated heterocycles. The van der Waals surface area contributed by atoms with E-state index in [0.29, 0.717) is 0 Å². The molecule has 3 N–H and O–H groups in total. The molecular formula is C4H12O3PSZn-. The van der Waals surface area contributed by atoms with Gasteiger partial charge in [-0.3, -0.25) is 0 Å². The van der Waals surface area contributed by atoms with Gasteiger partial charge in [-0.25, -0.2) is 0 Å². The maximum Gasteiger partial charge on any atom is 0.319 e. The molecule has 0 aliphatic heterocycles. The third-order valence-electron chi connectivity index (χ3n) is 0.354. The molecule has 0 atom stereocenters. The van der Waals surface area contributed by atoms with E-state index in [4.69, 9.17) is 14.7 Å². The van der Waals surface area contributed by atoms with Crippen LogP contribution in [0, 0.1) is 6.92 Å². The second-order valence-electron chi connectivity index (χ2n) is 1.37. The molecule has 60 valence electrons. The van der Waals surface area contributed by atoms with Crippen molar-refractivity contribution in [3.05, 3.63) is 6.92 Å². The van der Waals surface area contributed by atoms with E-state index in [0.717, 1.165) is 6.42 Å². The number of unbranched alkanes of at least 4 members (excludes halogenated alkanes) is 1. The average Bonchev–Trinajstić information content (AvgIpc) is 1.61. The fraction of sp³-hybridized carbons (Fsp3) is 0.750. The Balaban J connectivity index is -0.0000000910. The Labute approximate surface area is 79.5 Å². The van der Waals surface area contributed by atoms with Gasteiger partial charge in [-0.2, -0.15) is 6.42 Å². The molecule has 0 fully saturated rings. The minimum Gasteiger partial charge on any atom is -0.343 e. The van der Waals surface area contributed by atoms with Crippen molar-refractivity contribution in [2.24, 2.45) is 0 Å². The molecule has 0 spiro atoms. The van der Waals surface area contributed by atoms with Gasteiger partial charge in [0.15, 0.2) is 0 Å². The standard InChI is InChI=1S/C4H9.H3O3PS.Zn/c1-3-4-2;1-4(2,3)5;/h1,3-4H2,2H3;(H3,1,2,3,5);/q-1;;. The Morgan fingerprint density at radius 3 is 1.50 bits per heavy atom. The Bertz CT molecular complexity index is 84.2. The number of hydrogen-bond donors (Lipinski definition) is 3. The Kier molecular flexibility index (Phi) is 17.6. The maximum absolute atomic E-state index is 7.56. The average molecular weight is 237 g/mol. The number of rotatable bonds is 1. The van der Waals surface area contributed by atoms with Crippen molar-refractivity contribution < 1.29 is 34.2 Å². The first-order chi connectivity index (χ1) is 3.91. The fourth-order valence-electron chi connectivity index (χ4n) is 0. The van der Waals surface area contributed by atoms with Gasteiger partial charge in [0.25, 0.3) is 0 Å². The predicted octanol–water partition coefficient (Wildman–Crippen LogP) is 0.806. The molecule has 0 rings (SSSR count). The van der Waals surface area contributed by atoms with Crippen molar-refractivity contribution in [1.82, 2.24) is 0 Å². The predicted molar refractivity (Wildman–Crippen MR) is 41.2 cm³/mol. The first-order valence-corrected chi connectivity index (χ1v) is 5.15. The SMILES string of the molecule is OP(O)(O)=S.[CH2-]CCC.[Zn]. The smallest absolute Gasteiger partial charge is 0.319 e. The minimum atomic E-state index is -3.81. The first kappa shape index (κ1) is 17.3. The van der Waals surface area contributed by atoms with Crippen molar-refractivity contribution in [2.75, 3.05) is 0 Å². The molecule has 0 aromatic heterocycles. The molecule has 0 radical (unpaired) electrons. The van der Waals surface area contributed by atoms with Crippen LogP contribution in [0.3, 0.4) is 0 Å². The molecule has 0 aliphatic rings. The van der Waals surface area contributed by atoms with E-state index in [1.807, 2.05) is 0 Å². The summed E-state index contributed by atoms with van der Waals surface area (Å²) in [6.45, 7) is 1.92. The maximum atomic E-state index is 7.56. The van der Waals surface area contributed by atoms with Crippen LogP contribution in [-0.2, 0) is 31.3 Å². The molecule has 10 heavy (non-hydrogen) atoms. The molecule has 3 nitrogen and oxygen atoms in total. The Morgan fingerprint density at radius 2 is 1.50 bits per heavy atom. The van der Waals surface area contributed by atoms with E-state index in [2.05, 4.69) is 25.7 Å². The Morgan fingerprint density at radius 1 is 1.40 bits per heavy atom. The van der Waals surface area contributed by atoms with Crippen molar-refractivity contribution in [3.63, 3.8) is 0 Å². The molecule has 0 heterocycles. The van der Waals surface area contributed by atoms with Gasteiger partial charge in [0.2, 0.25) is 0 Å². The summed E-state index contributed by atoms with van der Waals surface area (Å²) in [5.74, 6) is 0. The Hall–Kier alpha value is 1.15. The third kappa shape index (κ3) is 131. The first-order valence-electron chi connectivity index (χ1n) is 2.49. The zero-order valence-corrected chi connectivity index (χ0v) is 10.7. The summed E-state index contributed by atoms with van der Waals surface area (Å²) in [6.07, 6.45) is 2.28. The molecule has 0 unspecified atom stereocenters. The van der Waals surface area contributed by atoms with Gasteiger partial charge in [0, 0.05) is 19.5 Å². The van der Waals surface area contributed by atoms with Crippen molar-refractivity contribution in [3.8, 4) is 0 Å². The van der Waals surface area contributed by atoms with Crippen LogP contribution in [0.2, 0.25) is 0 Å². The van der Waals surface area contributed by atoms with E-state index in [9.17, 15) is 0 Å². The van der Waals surface area contributed by atoms with Crippen LogP contribution in [0.5, 0.6) is 0 Å². The fourth-order valence-corrected chi connectivity index (χ4v) is 0. The molecule has 6 heteroatoms. The largest absolute Gasteiger partial charge is 0.343 e. The van der Waals surface area contributed by atoms with Crippen molar-refractivity contribution in [2.45, 2.75) is 19.8 Å². The van der Waals surface area contributed by atoms with Crippen LogP contribution in [-0.4, -0.2) is 14.7 Å². The second kappa shape index (κ2) is 10.2. The second-order valence-corrected chi connectivity index (χ2v) is 3.86. The summed E-state index contributed by atoms with van der Waals surface area (Å²) in [5, 5.41) is 0. The topological polar surface area (TPSA) is 60.7 Å². The molecule has 0 bridgehead atoms. The zero-order chi connectivity index (χ0) is 7.91. The van der Waals surface area contributed by atoms with Crippen LogP contribution in [0.1, 0.15) is 19.8 Å². The molecular weight excluding hydrogens is 224 g/mol. The summed E-state index contributed by atoms with van der Waals surface area (Å²) >= 11 is 3.60. The van der Waals surface area contributed by atoms with Crippen LogP contribution < -0.4 is 0 Å². The van der Waals surface area contributed by atoms with Gasteiger partial charge in [-0.1, -0.05) is 13.3 Å². The van der Waals surface area contributed by atoms with E-state index in [1.165, 1.54) is 6.42 Å². The summed E-state index contributed by atoms with van der Waals surface area (Å²) in [7, 11) is 0. The van der Waals surface area contributed by atoms with Gasteiger partial charge in [0.05, 0.1) is 0 Å². The number of hydrogen-bond acceptors (Lipinski definition) is 1. The summed E-state index contributed by atoms with van der Waals surface area (Å²) < 4.78 is 0. The van der Waals surface area contributed by atoms with E-state index < -0.39 is 6.72 Å². The zero-order valence-electron chi connectivity index (χ0n) is 6.03. The summed E-state index contributed by atoms with van der Waals surface area (Å²) in [6, 6.07) is 0. The summed E-state index contributed by atoms with van der Waals surface area (Å²) in [4.78, 5) is 22.7. The van der Waals surface area contributed by atoms with E-state index >= 15 is 0 Å². The van der Waals surface area contributed by atoms with Crippen LogP contribution in [0.15, 0.2) is 0 Å². The van der Waals surface area contributed by atoms with Gasteiger partial charge in [-0.05, 0) is 11.8 Å². The van der Waals surface area contributed by atoms with E-state index in [-0.39, 0.29) is 19.5 Å². The van der Waals surface area contributed by atoms with Crippen LogP contribution >= 0.6 is 6.72 Å². The van der Waals surface area contributed by atoms with Crippen LogP contribution in [0.25, 0.3) is 0 Å². The monoisotopic (exact) mass is 235 g/mol.